The second-order valence-electron chi connectivity index (χ2n) is 9.78. The molecule has 1 heterocycles. The van der Waals surface area contributed by atoms with Gasteiger partial charge in [-0.15, -0.1) is 0 Å². The van der Waals surface area contributed by atoms with Crippen molar-refractivity contribution in [2.75, 3.05) is 5.73 Å². The predicted molar refractivity (Wildman–Crippen MR) is 160 cm³/mol. The van der Waals surface area contributed by atoms with Crippen molar-refractivity contribution in [3.05, 3.63) is 161 Å². The molecule has 2 amide bonds. The molecule has 0 bridgehead atoms. The van der Waals surface area contributed by atoms with Crippen LogP contribution in [-0.4, -0.2) is 26.7 Å². The van der Waals surface area contributed by atoms with Crippen LogP contribution in [0.1, 0.15) is 54.8 Å². The Morgan fingerprint density at radius 2 is 1.29 bits per heavy atom. The van der Waals surface area contributed by atoms with E-state index < -0.39 is 0 Å². The maximum Gasteiger partial charge on any atom is 0.254 e. The summed E-state index contributed by atoms with van der Waals surface area (Å²) >= 11 is 0. The van der Waals surface area contributed by atoms with Crippen LogP contribution >= 0.6 is 0 Å². The molecule has 5 aromatic rings. The van der Waals surface area contributed by atoms with Crippen molar-refractivity contribution >= 4 is 17.6 Å². The highest BCUT2D eigenvalue weighted by molar-refractivity contribution is 5.98. The number of carbonyl (C=O) groups excluding carboxylic acids is 2. The summed E-state index contributed by atoms with van der Waals surface area (Å²) in [6.07, 6.45) is 1.66. The molecule has 7 nitrogen and oxygen atoms in total. The number of aryl methyl sites for hydroxylation is 1. The number of anilines is 1. The number of amides is 2. The lowest BCUT2D eigenvalue weighted by Crippen LogP contribution is -2.31. The zero-order valence-electron chi connectivity index (χ0n) is 22.8. The van der Waals surface area contributed by atoms with E-state index in [0.717, 1.165) is 16.7 Å². The standard InChI is InChI=1S/C34H31N5O2/c1-24-36-21-30(32(35)37-24)23-39(22-25-11-5-2-6-12-25)34(41)29-19-17-28(18-20-29)33(40)38-31(26-13-7-3-8-14-26)27-15-9-4-10-16-27/h2-21,31H,22-23H2,1H3,(H,38,40)(H2,35,36,37). The van der Waals surface area contributed by atoms with Crippen LogP contribution in [0, 0.1) is 6.92 Å². The Bertz CT molecular complexity index is 1570. The number of nitrogens with zero attached hydrogens (tertiary/aromatic N) is 3. The van der Waals surface area contributed by atoms with E-state index in [-0.39, 0.29) is 24.4 Å². The van der Waals surface area contributed by atoms with Crippen molar-refractivity contribution in [2.45, 2.75) is 26.1 Å². The van der Waals surface area contributed by atoms with Gasteiger partial charge in [0.05, 0.1) is 12.6 Å². The van der Waals surface area contributed by atoms with E-state index >= 15 is 0 Å². The Balaban J connectivity index is 1.36. The second-order valence-corrected chi connectivity index (χ2v) is 9.78. The first kappa shape index (κ1) is 27.3. The smallest absolute Gasteiger partial charge is 0.254 e. The molecule has 0 aliphatic carbocycles. The molecule has 204 valence electrons. The fraction of sp³-hybridized carbons (Fsp3) is 0.118. The van der Waals surface area contributed by atoms with E-state index in [4.69, 9.17) is 5.73 Å². The average Bonchev–Trinajstić information content (AvgIpc) is 3.02. The van der Waals surface area contributed by atoms with Crippen LogP contribution in [0.15, 0.2) is 121 Å². The number of rotatable bonds is 9. The molecule has 0 spiro atoms. The van der Waals surface area contributed by atoms with Gasteiger partial charge < -0.3 is 16.0 Å². The molecule has 0 aliphatic rings. The van der Waals surface area contributed by atoms with Crippen molar-refractivity contribution in [3.8, 4) is 0 Å². The van der Waals surface area contributed by atoms with Crippen LogP contribution in [0.2, 0.25) is 0 Å². The van der Waals surface area contributed by atoms with Crippen LogP contribution in [-0.2, 0) is 13.1 Å². The van der Waals surface area contributed by atoms with Crippen molar-refractivity contribution < 1.29 is 9.59 Å². The molecule has 0 atom stereocenters. The van der Waals surface area contributed by atoms with E-state index in [2.05, 4.69) is 15.3 Å². The summed E-state index contributed by atoms with van der Waals surface area (Å²) in [5.41, 5.74) is 10.7. The van der Waals surface area contributed by atoms with Gasteiger partial charge in [0.2, 0.25) is 0 Å². The lowest BCUT2D eigenvalue weighted by Gasteiger charge is -2.24. The van der Waals surface area contributed by atoms with Gasteiger partial charge in [0.15, 0.2) is 0 Å². The summed E-state index contributed by atoms with van der Waals surface area (Å²) < 4.78 is 0. The van der Waals surface area contributed by atoms with E-state index in [0.29, 0.717) is 34.9 Å². The monoisotopic (exact) mass is 541 g/mol. The number of nitrogens with two attached hydrogens (primary N) is 1. The lowest BCUT2D eigenvalue weighted by molar-refractivity contribution is 0.0729. The van der Waals surface area contributed by atoms with Gasteiger partial charge in [-0.2, -0.15) is 0 Å². The van der Waals surface area contributed by atoms with Crippen LogP contribution in [0.3, 0.4) is 0 Å². The molecule has 0 saturated heterocycles. The van der Waals surface area contributed by atoms with Crippen LogP contribution < -0.4 is 11.1 Å². The summed E-state index contributed by atoms with van der Waals surface area (Å²) in [7, 11) is 0. The Labute approximate surface area is 239 Å². The first-order valence-electron chi connectivity index (χ1n) is 13.4. The van der Waals surface area contributed by atoms with E-state index in [1.807, 2.05) is 91.0 Å². The minimum absolute atomic E-state index is 0.188. The number of hydrogen-bond donors (Lipinski definition) is 2. The molecule has 4 aromatic carbocycles. The molecule has 5 rings (SSSR count). The Kier molecular flexibility index (Phi) is 8.45. The molecule has 0 saturated carbocycles. The Morgan fingerprint density at radius 3 is 1.85 bits per heavy atom. The number of nitrogens with one attached hydrogen (secondary N) is 1. The molecule has 7 heteroatoms. The highest BCUT2D eigenvalue weighted by atomic mass is 16.2. The summed E-state index contributed by atoms with van der Waals surface area (Å²) in [6, 6.07) is 35.9. The quantitative estimate of drug-likeness (QED) is 0.248. The van der Waals surface area contributed by atoms with E-state index in [1.54, 1.807) is 42.3 Å². The number of nitrogen functional groups attached to an aromatic ring is 1. The fourth-order valence-corrected chi connectivity index (χ4v) is 4.65. The van der Waals surface area contributed by atoms with Gasteiger partial charge in [-0.1, -0.05) is 91.0 Å². The van der Waals surface area contributed by atoms with Gasteiger partial charge in [-0.3, -0.25) is 9.59 Å². The van der Waals surface area contributed by atoms with Gasteiger partial charge in [0.1, 0.15) is 11.6 Å². The van der Waals surface area contributed by atoms with Gasteiger partial charge in [0, 0.05) is 29.4 Å². The summed E-state index contributed by atoms with van der Waals surface area (Å²) in [5, 5.41) is 3.15. The second kappa shape index (κ2) is 12.7. The zero-order chi connectivity index (χ0) is 28.6. The van der Waals surface area contributed by atoms with Crippen molar-refractivity contribution in [3.63, 3.8) is 0 Å². The maximum absolute atomic E-state index is 13.7. The van der Waals surface area contributed by atoms with Crippen molar-refractivity contribution in [1.29, 1.82) is 0 Å². The molecule has 3 N–H and O–H groups in total. The van der Waals surface area contributed by atoms with Crippen molar-refractivity contribution in [2.24, 2.45) is 0 Å². The summed E-state index contributed by atoms with van der Waals surface area (Å²) in [4.78, 5) is 37.2. The van der Waals surface area contributed by atoms with Crippen LogP contribution in [0.25, 0.3) is 0 Å². The molecule has 0 radical (unpaired) electrons. The van der Waals surface area contributed by atoms with E-state index in [1.165, 1.54) is 0 Å². The molecule has 1 aromatic heterocycles. The number of carbonyl (C=O) groups is 2. The van der Waals surface area contributed by atoms with Crippen molar-refractivity contribution in [1.82, 2.24) is 20.2 Å². The maximum atomic E-state index is 13.7. The third-order valence-electron chi connectivity index (χ3n) is 6.82. The Morgan fingerprint density at radius 1 is 0.756 bits per heavy atom. The first-order chi connectivity index (χ1) is 20.0. The van der Waals surface area contributed by atoms with Gasteiger partial charge in [-0.25, -0.2) is 9.97 Å². The SMILES string of the molecule is Cc1ncc(CN(Cc2ccccc2)C(=O)c2ccc(C(=O)NC(c3ccccc3)c3ccccc3)cc2)c(N)n1. The first-order valence-corrected chi connectivity index (χ1v) is 13.4. The number of aromatic nitrogens is 2. The molecule has 41 heavy (non-hydrogen) atoms. The Hall–Kier alpha value is -5.30. The minimum atomic E-state index is -0.310. The average molecular weight is 542 g/mol. The molecular formula is C34H31N5O2. The minimum Gasteiger partial charge on any atom is -0.383 e. The predicted octanol–water partition coefficient (Wildman–Crippen LogP) is 5.73. The third kappa shape index (κ3) is 6.83. The molecule has 0 unspecified atom stereocenters. The zero-order valence-corrected chi connectivity index (χ0v) is 22.8. The molecule has 0 aliphatic heterocycles. The van der Waals surface area contributed by atoms with Gasteiger partial charge in [0.25, 0.3) is 11.8 Å². The van der Waals surface area contributed by atoms with E-state index in [9.17, 15) is 9.59 Å². The summed E-state index contributed by atoms with van der Waals surface area (Å²) in [6.45, 7) is 2.40. The topological polar surface area (TPSA) is 101 Å². The number of hydrogen-bond acceptors (Lipinski definition) is 5. The lowest BCUT2D eigenvalue weighted by atomic mass is 9.98. The van der Waals surface area contributed by atoms with Crippen LogP contribution in [0.4, 0.5) is 5.82 Å². The van der Waals surface area contributed by atoms with Gasteiger partial charge in [-0.05, 0) is 47.9 Å². The third-order valence-corrected chi connectivity index (χ3v) is 6.82. The highest BCUT2D eigenvalue weighted by Crippen LogP contribution is 2.23. The molecule has 0 fully saturated rings. The van der Waals surface area contributed by atoms with Crippen LogP contribution in [0.5, 0.6) is 0 Å². The normalized spacial score (nSPS) is 10.8. The number of benzene rings is 4. The van der Waals surface area contributed by atoms with Gasteiger partial charge >= 0.3 is 0 Å². The fourth-order valence-electron chi connectivity index (χ4n) is 4.65. The molecular weight excluding hydrogens is 510 g/mol. The summed E-state index contributed by atoms with van der Waals surface area (Å²) in [5.74, 6) is 0.504. The highest BCUT2D eigenvalue weighted by Gasteiger charge is 2.21. The largest absolute Gasteiger partial charge is 0.383 e.